The fourth-order valence-corrected chi connectivity index (χ4v) is 0.583. The highest BCUT2D eigenvalue weighted by molar-refractivity contribution is 5.50. The van der Waals surface area contributed by atoms with Gasteiger partial charge in [-0.05, 0) is 12.1 Å². The van der Waals surface area contributed by atoms with E-state index in [-0.39, 0.29) is 5.69 Å². The van der Waals surface area contributed by atoms with Crippen molar-refractivity contribution in [3.05, 3.63) is 30.4 Å². The molecule has 0 atom stereocenters. The van der Waals surface area contributed by atoms with Crippen molar-refractivity contribution in [3.8, 4) is 0 Å². The van der Waals surface area contributed by atoms with Gasteiger partial charge in [0, 0.05) is 0 Å². The van der Waals surface area contributed by atoms with Gasteiger partial charge < -0.3 is 5.73 Å². The number of nitrogen functional groups attached to an aromatic ring is 1. The zero-order chi connectivity index (χ0) is 7.56. The largest absolute Gasteiger partial charge is 0.396 e. The maximum atomic E-state index is 12.4. The van der Waals surface area contributed by atoms with Gasteiger partial charge in [-0.2, -0.15) is 0 Å². The first-order valence-corrected chi connectivity index (χ1v) is 2.77. The number of anilines is 1. The monoisotopic (exact) mass is 138 g/mol. The van der Waals surface area contributed by atoms with Crippen molar-refractivity contribution in [3.63, 3.8) is 0 Å². The van der Waals surface area contributed by atoms with Gasteiger partial charge in [0.25, 0.3) is 0 Å². The van der Waals surface area contributed by atoms with Crippen LogP contribution in [0.3, 0.4) is 0 Å². The lowest BCUT2D eigenvalue weighted by atomic mass is 10.3. The Kier molecular flexibility index (Phi) is 1.67. The molecule has 0 amide bonds. The van der Waals surface area contributed by atoms with Crippen LogP contribution in [0.4, 0.5) is 10.1 Å². The third kappa shape index (κ3) is 1.13. The molecule has 3 heteroatoms. The first kappa shape index (κ1) is 6.74. The van der Waals surface area contributed by atoms with Crippen LogP contribution in [-0.2, 0) is 0 Å². The number of nitrogens with two attached hydrogens (primary N) is 1. The molecule has 10 heavy (non-hydrogen) atoms. The van der Waals surface area contributed by atoms with Crippen LogP contribution in [0.25, 0.3) is 6.08 Å². The Morgan fingerprint density at radius 2 is 2.40 bits per heavy atom. The van der Waals surface area contributed by atoms with Crippen molar-refractivity contribution in [2.45, 2.75) is 0 Å². The molecule has 1 aromatic rings. The summed E-state index contributed by atoms with van der Waals surface area (Å²) in [5.74, 6) is -0.495. The van der Waals surface area contributed by atoms with E-state index in [1.54, 1.807) is 0 Å². The van der Waals surface area contributed by atoms with Crippen LogP contribution in [0.2, 0.25) is 0 Å². The fraction of sp³-hybridized carbons (Fsp3) is 0. The zero-order valence-corrected chi connectivity index (χ0v) is 5.34. The molecular weight excluding hydrogens is 131 g/mol. The average Bonchev–Trinajstić information content (AvgIpc) is 1.95. The smallest absolute Gasteiger partial charge is 0.164 e. The van der Waals surface area contributed by atoms with Crippen molar-refractivity contribution in [2.24, 2.45) is 0 Å². The van der Waals surface area contributed by atoms with Crippen LogP contribution in [-0.4, -0.2) is 4.98 Å². The lowest BCUT2D eigenvalue weighted by Crippen LogP contribution is -1.92. The van der Waals surface area contributed by atoms with E-state index in [0.29, 0.717) is 5.69 Å². The van der Waals surface area contributed by atoms with Gasteiger partial charge in [0.05, 0.1) is 17.6 Å². The molecular formula is C7H7FN2. The van der Waals surface area contributed by atoms with Crippen LogP contribution in [0.1, 0.15) is 5.69 Å². The van der Waals surface area contributed by atoms with E-state index < -0.39 is 5.82 Å². The van der Waals surface area contributed by atoms with Gasteiger partial charge >= 0.3 is 0 Å². The molecule has 0 aromatic carbocycles. The van der Waals surface area contributed by atoms with Gasteiger partial charge in [-0.1, -0.05) is 6.58 Å². The lowest BCUT2D eigenvalue weighted by molar-refractivity contribution is 0.626. The van der Waals surface area contributed by atoms with Gasteiger partial charge in [-0.25, -0.2) is 4.39 Å². The van der Waals surface area contributed by atoms with Crippen molar-refractivity contribution in [1.82, 2.24) is 4.98 Å². The molecule has 0 aliphatic carbocycles. The van der Waals surface area contributed by atoms with E-state index in [4.69, 9.17) is 5.73 Å². The maximum absolute atomic E-state index is 12.4. The Labute approximate surface area is 58.2 Å². The molecule has 0 aliphatic rings. The number of rotatable bonds is 1. The van der Waals surface area contributed by atoms with E-state index in [9.17, 15) is 4.39 Å². The van der Waals surface area contributed by atoms with E-state index in [0.717, 1.165) is 6.20 Å². The number of nitrogens with zero attached hydrogens (tertiary/aromatic N) is 1. The molecule has 0 radical (unpaired) electrons. The summed E-state index contributed by atoms with van der Waals surface area (Å²) in [7, 11) is 0. The number of halogens is 1. The quantitative estimate of drug-likeness (QED) is 0.637. The van der Waals surface area contributed by atoms with Gasteiger partial charge in [0.1, 0.15) is 0 Å². The first-order valence-electron chi connectivity index (χ1n) is 2.77. The van der Waals surface area contributed by atoms with Crippen molar-refractivity contribution < 1.29 is 4.39 Å². The molecule has 0 unspecified atom stereocenters. The fourth-order valence-electron chi connectivity index (χ4n) is 0.583. The Balaban J connectivity index is 3.16. The van der Waals surface area contributed by atoms with Crippen LogP contribution in [0.15, 0.2) is 18.8 Å². The van der Waals surface area contributed by atoms with Crippen LogP contribution in [0.5, 0.6) is 0 Å². The highest BCUT2D eigenvalue weighted by Crippen LogP contribution is 2.09. The summed E-state index contributed by atoms with van der Waals surface area (Å²) < 4.78 is 12.4. The minimum atomic E-state index is -0.495. The molecule has 1 rings (SSSR count). The first-order chi connectivity index (χ1) is 4.74. The van der Waals surface area contributed by atoms with Crippen molar-refractivity contribution >= 4 is 11.8 Å². The maximum Gasteiger partial charge on any atom is 0.164 e. The Morgan fingerprint density at radius 3 is 2.90 bits per heavy atom. The van der Waals surface area contributed by atoms with Crippen molar-refractivity contribution in [1.29, 1.82) is 0 Å². The second-order valence-corrected chi connectivity index (χ2v) is 1.83. The molecule has 2 N–H and O–H groups in total. The predicted molar refractivity (Wildman–Crippen MR) is 38.7 cm³/mol. The molecule has 0 aliphatic heterocycles. The molecule has 0 saturated carbocycles. The summed E-state index contributed by atoms with van der Waals surface area (Å²) in [5.41, 5.74) is 5.92. The second-order valence-electron chi connectivity index (χ2n) is 1.83. The number of pyridine rings is 1. The lowest BCUT2D eigenvalue weighted by Gasteiger charge is -1.95. The van der Waals surface area contributed by atoms with E-state index >= 15 is 0 Å². The van der Waals surface area contributed by atoms with Gasteiger partial charge in [-0.15, -0.1) is 0 Å². The molecule has 2 nitrogen and oxygen atoms in total. The topological polar surface area (TPSA) is 38.9 Å². The average molecular weight is 138 g/mol. The van der Waals surface area contributed by atoms with Gasteiger partial charge in [0.2, 0.25) is 0 Å². The van der Waals surface area contributed by atoms with Crippen molar-refractivity contribution in [2.75, 3.05) is 5.73 Å². The third-order valence-corrected chi connectivity index (χ3v) is 1.12. The van der Waals surface area contributed by atoms with Crippen LogP contribution in [0, 0.1) is 5.82 Å². The molecule has 1 heterocycles. The second kappa shape index (κ2) is 2.47. The minimum Gasteiger partial charge on any atom is -0.396 e. The zero-order valence-electron chi connectivity index (χ0n) is 5.34. The Morgan fingerprint density at radius 1 is 1.70 bits per heavy atom. The molecule has 1 aromatic heterocycles. The molecule has 0 spiro atoms. The number of hydrogen-bond acceptors (Lipinski definition) is 2. The number of hydrogen-bond donors (Lipinski definition) is 1. The Bertz CT molecular complexity index is 258. The summed E-state index contributed by atoms with van der Waals surface area (Å²) in [5, 5.41) is 0. The van der Waals surface area contributed by atoms with E-state index in [1.807, 2.05) is 0 Å². The Hall–Kier alpha value is -1.38. The number of aromatic nitrogens is 1. The summed E-state index contributed by atoms with van der Waals surface area (Å²) in [6.45, 7) is 3.46. The molecule has 0 bridgehead atoms. The van der Waals surface area contributed by atoms with E-state index in [1.165, 1.54) is 12.1 Å². The minimum absolute atomic E-state index is 0.102. The summed E-state index contributed by atoms with van der Waals surface area (Å²) in [6.07, 6.45) is 2.59. The molecule has 0 fully saturated rings. The standard InChI is InChI=1S/C7H7FN2/c1-2-5-3-7(9)6(8)4-10-5/h2-4H,1H2,(H2,9,10). The predicted octanol–water partition coefficient (Wildman–Crippen LogP) is 1.45. The molecule has 0 saturated heterocycles. The highest BCUT2D eigenvalue weighted by atomic mass is 19.1. The van der Waals surface area contributed by atoms with Gasteiger partial charge in [0.15, 0.2) is 5.82 Å². The highest BCUT2D eigenvalue weighted by Gasteiger charge is 1.96. The normalized spacial score (nSPS) is 9.30. The molecule has 52 valence electrons. The van der Waals surface area contributed by atoms with Gasteiger partial charge in [-0.3, -0.25) is 4.98 Å². The van der Waals surface area contributed by atoms with Crippen LogP contribution >= 0.6 is 0 Å². The van der Waals surface area contributed by atoms with Crippen LogP contribution < -0.4 is 5.73 Å². The SMILES string of the molecule is C=Cc1cc(N)c(F)cn1. The third-order valence-electron chi connectivity index (χ3n) is 1.12. The summed E-state index contributed by atoms with van der Waals surface area (Å²) >= 11 is 0. The van der Waals surface area contributed by atoms with E-state index in [2.05, 4.69) is 11.6 Å². The summed E-state index contributed by atoms with van der Waals surface area (Å²) in [4.78, 5) is 3.68. The summed E-state index contributed by atoms with van der Waals surface area (Å²) in [6, 6.07) is 1.43.